The number of carbonyl (C=O) groups is 1. The minimum absolute atomic E-state index is 0.114. The standard InChI is InChI=1S/C13H16BrFN2O/c1-8(16)13(18)17(11-3-4-11)7-9-6-10(14)2-5-12(9)15/h2,5-6,8,11H,3-4,7,16H2,1H3/t8-/m1/s1. The van der Waals surface area contributed by atoms with Gasteiger partial charge < -0.3 is 10.6 Å². The maximum atomic E-state index is 13.7. The SMILES string of the molecule is C[C@@H](N)C(=O)N(Cc1cc(Br)ccc1F)C1CC1. The van der Waals surface area contributed by atoms with Crippen molar-refractivity contribution in [3.63, 3.8) is 0 Å². The molecule has 1 amide bonds. The summed E-state index contributed by atoms with van der Waals surface area (Å²) in [7, 11) is 0. The first-order valence-electron chi connectivity index (χ1n) is 5.99. The highest BCUT2D eigenvalue weighted by Gasteiger charge is 2.34. The second kappa shape index (κ2) is 5.36. The van der Waals surface area contributed by atoms with Gasteiger partial charge in [0.05, 0.1) is 6.04 Å². The molecule has 0 aromatic heterocycles. The minimum atomic E-state index is -0.541. The van der Waals surface area contributed by atoms with Crippen molar-refractivity contribution in [3.8, 4) is 0 Å². The third-order valence-corrected chi connectivity index (χ3v) is 3.50. The van der Waals surface area contributed by atoms with Gasteiger partial charge in [0.15, 0.2) is 0 Å². The van der Waals surface area contributed by atoms with Crippen molar-refractivity contribution in [2.45, 2.75) is 38.4 Å². The van der Waals surface area contributed by atoms with Crippen LogP contribution in [0.25, 0.3) is 0 Å². The molecule has 1 aromatic rings. The summed E-state index contributed by atoms with van der Waals surface area (Å²) >= 11 is 3.31. The molecule has 1 aromatic carbocycles. The predicted octanol–water partition coefficient (Wildman–Crippen LogP) is 2.43. The Morgan fingerprint density at radius 3 is 2.83 bits per heavy atom. The van der Waals surface area contributed by atoms with Crippen LogP contribution in [0.2, 0.25) is 0 Å². The number of amides is 1. The molecule has 0 bridgehead atoms. The van der Waals surface area contributed by atoms with Gasteiger partial charge >= 0.3 is 0 Å². The largest absolute Gasteiger partial charge is 0.334 e. The fourth-order valence-corrected chi connectivity index (χ4v) is 2.29. The van der Waals surface area contributed by atoms with Gasteiger partial charge in [-0.1, -0.05) is 15.9 Å². The molecule has 18 heavy (non-hydrogen) atoms. The summed E-state index contributed by atoms with van der Waals surface area (Å²) in [5.74, 6) is -0.404. The number of carbonyl (C=O) groups excluding carboxylic acids is 1. The van der Waals surface area contributed by atoms with Crippen molar-refractivity contribution in [3.05, 3.63) is 34.1 Å². The van der Waals surface area contributed by atoms with E-state index in [0.717, 1.165) is 17.3 Å². The van der Waals surface area contributed by atoms with Crippen molar-refractivity contribution >= 4 is 21.8 Å². The Labute approximate surface area is 114 Å². The molecule has 0 heterocycles. The normalized spacial score (nSPS) is 16.4. The van der Waals surface area contributed by atoms with Crippen LogP contribution in [-0.2, 0) is 11.3 Å². The highest BCUT2D eigenvalue weighted by Crippen LogP contribution is 2.29. The molecule has 1 fully saturated rings. The number of hydrogen-bond acceptors (Lipinski definition) is 2. The Balaban J connectivity index is 2.18. The number of benzene rings is 1. The van der Waals surface area contributed by atoms with E-state index in [4.69, 9.17) is 5.73 Å². The van der Waals surface area contributed by atoms with Crippen LogP contribution in [0.5, 0.6) is 0 Å². The van der Waals surface area contributed by atoms with Gasteiger partial charge in [0, 0.05) is 22.6 Å². The summed E-state index contributed by atoms with van der Waals surface area (Å²) in [5, 5.41) is 0. The maximum absolute atomic E-state index is 13.7. The molecular formula is C13H16BrFN2O. The molecule has 1 atom stereocenters. The zero-order chi connectivity index (χ0) is 13.3. The van der Waals surface area contributed by atoms with E-state index < -0.39 is 6.04 Å². The highest BCUT2D eigenvalue weighted by molar-refractivity contribution is 9.10. The molecule has 5 heteroatoms. The Bertz CT molecular complexity index is 460. The van der Waals surface area contributed by atoms with E-state index in [9.17, 15) is 9.18 Å². The third-order valence-electron chi connectivity index (χ3n) is 3.01. The topological polar surface area (TPSA) is 46.3 Å². The van der Waals surface area contributed by atoms with Gasteiger partial charge in [-0.3, -0.25) is 4.79 Å². The average Bonchev–Trinajstić information content (AvgIpc) is 3.13. The smallest absolute Gasteiger partial charge is 0.239 e. The maximum Gasteiger partial charge on any atom is 0.239 e. The number of hydrogen-bond donors (Lipinski definition) is 1. The van der Waals surface area contributed by atoms with E-state index in [1.807, 2.05) is 0 Å². The van der Waals surface area contributed by atoms with Gasteiger partial charge in [0.25, 0.3) is 0 Å². The highest BCUT2D eigenvalue weighted by atomic mass is 79.9. The van der Waals surface area contributed by atoms with Crippen LogP contribution in [0, 0.1) is 5.82 Å². The predicted molar refractivity (Wildman–Crippen MR) is 71.3 cm³/mol. The van der Waals surface area contributed by atoms with Crippen molar-refractivity contribution in [1.82, 2.24) is 4.90 Å². The first-order valence-corrected chi connectivity index (χ1v) is 6.78. The lowest BCUT2D eigenvalue weighted by atomic mass is 10.2. The molecule has 0 aliphatic heterocycles. The third kappa shape index (κ3) is 3.09. The van der Waals surface area contributed by atoms with E-state index in [1.165, 1.54) is 6.07 Å². The van der Waals surface area contributed by atoms with Crippen molar-refractivity contribution in [2.24, 2.45) is 5.73 Å². The van der Waals surface area contributed by atoms with Gasteiger partial charge in [-0.2, -0.15) is 0 Å². The summed E-state index contributed by atoms with van der Waals surface area (Å²) in [4.78, 5) is 13.7. The molecule has 1 aliphatic rings. The Hall–Kier alpha value is -0.940. The molecule has 0 radical (unpaired) electrons. The lowest BCUT2D eigenvalue weighted by Crippen LogP contribution is -2.43. The zero-order valence-corrected chi connectivity index (χ0v) is 11.8. The summed E-state index contributed by atoms with van der Waals surface area (Å²) in [6, 6.07) is 4.44. The average molecular weight is 315 g/mol. The van der Waals surface area contributed by atoms with Crippen LogP contribution in [0.3, 0.4) is 0 Å². The van der Waals surface area contributed by atoms with Crippen molar-refractivity contribution in [2.75, 3.05) is 0 Å². The molecular weight excluding hydrogens is 299 g/mol. The molecule has 98 valence electrons. The summed E-state index contributed by atoms with van der Waals surface area (Å²) in [6.07, 6.45) is 1.96. The molecule has 0 spiro atoms. The molecule has 0 saturated heterocycles. The molecule has 2 N–H and O–H groups in total. The number of halogens is 2. The Kier molecular flexibility index (Phi) is 4.02. The molecule has 2 rings (SSSR count). The fraction of sp³-hybridized carbons (Fsp3) is 0.462. The minimum Gasteiger partial charge on any atom is -0.334 e. The monoisotopic (exact) mass is 314 g/mol. The van der Waals surface area contributed by atoms with Crippen LogP contribution >= 0.6 is 15.9 Å². The summed E-state index contributed by atoms with van der Waals surface area (Å²) in [6.45, 7) is 1.95. The van der Waals surface area contributed by atoms with Gasteiger partial charge in [-0.05, 0) is 38.0 Å². The van der Waals surface area contributed by atoms with E-state index in [2.05, 4.69) is 15.9 Å². The number of rotatable bonds is 4. The molecule has 3 nitrogen and oxygen atoms in total. The molecule has 1 saturated carbocycles. The van der Waals surface area contributed by atoms with Gasteiger partial charge in [0.1, 0.15) is 5.82 Å². The quantitative estimate of drug-likeness (QED) is 0.927. The Morgan fingerprint density at radius 1 is 1.61 bits per heavy atom. The number of nitrogens with two attached hydrogens (primary N) is 1. The molecule has 1 aliphatic carbocycles. The van der Waals surface area contributed by atoms with E-state index in [1.54, 1.807) is 24.0 Å². The van der Waals surface area contributed by atoms with E-state index in [0.29, 0.717) is 5.56 Å². The summed E-state index contributed by atoms with van der Waals surface area (Å²) in [5.41, 5.74) is 6.15. The lowest BCUT2D eigenvalue weighted by Gasteiger charge is -2.24. The van der Waals surface area contributed by atoms with Crippen LogP contribution < -0.4 is 5.73 Å². The fourth-order valence-electron chi connectivity index (χ4n) is 1.88. The first-order chi connectivity index (χ1) is 8.49. The van der Waals surface area contributed by atoms with Gasteiger partial charge in [-0.15, -0.1) is 0 Å². The van der Waals surface area contributed by atoms with Crippen LogP contribution in [0.1, 0.15) is 25.3 Å². The van der Waals surface area contributed by atoms with Gasteiger partial charge in [-0.25, -0.2) is 4.39 Å². The second-order valence-electron chi connectivity index (χ2n) is 4.72. The lowest BCUT2D eigenvalue weighted by molar-refractivity contribution is -0.133. The van der Waals surface area contributed by atoms with E-state index in [-0.39, 0.29) is 24.3 Å². The van der Waals surface area contributed by atoms with Crippen LogP contribution in [0.15, 0.2) is 22.7 Å². The van der Waals surface area contributed by atoms with Crippen LogP contribution in [-0.4, -0.2) is 22.9 Å². The van der Waals surface area contributed by atoms with Crippen molar-refractivity contribution < 1.29 is 9.18 Å². The second-order valence-corrected chi connectivity index (χ2v) is 5.64. The Morgan fingerprint density at radius 2 is 2.28 bits per heavy atom. The van der Waals surface area contributed by atoms with Gasteiger partial charge in [0.2, 0.25) is 5.91 Å². The van der Waals surface area contributed by atoms with Crippen LogP contribution in [0.4, 0.5) is 4.39 Å². The zero-order valence-electron chi connectivity index (χ0n) is 10.2. The van der Waals surface area contributed by atoms with Crippen molar-refractivity contribution in [1.29, 1.82) is 0 Å². The first kappa shape index (κ1) is 13.5. The number of nitrogens with zero attached hydrogens (tertiary/aromatic N) is 1. The molecule has 0 unspecified atom stereocenters. The summed E-state index contributed by atoms with van der Waals surface area (Å²) < 4.78 is 14.5. The van der Waals surface area contributed by atoms with E-state index >= 15 is 0 Å².